The average Bonchev–Trinajstić information content (AvgIpc) is 3.20. The van der Waals surface area contributed by atoms with Crippen LogP contribution in [-0.2, 0) is 0 Å². The van der Waals surface area contributed by atoms with Crippen LogP contribution in [0.4, 0.5) is 0 Å². The molecule has 3 rings (SSSR count). The lowest BCUT2D eigenvalue weighted by atomic mass is 10.1. The summed E-state index contributed by atoms with van der Waals surface area (Å²) in [6.07, 6.45) is 3.18. The molecule has 1 heterocycles. The van der Waals surface area contributed by atoms with Crippen molar-refractivity contribution in [1.29, 1.82) is 5.26 Å². The zero-order valence-electron chi connectivity index (χ0n) is 13.5. The minimum absolute atomic E-state index is 0.386. The summed E-state index contributed by atoms with van der Waals surface area (Å²) >= 11 is 0. The Bertz CT molecular complexity index is 915. The molecule has 1 aromatic heterocycles. The molecule has 0 aliphatic rings. The number of hydrogen-bond acceptors (Lipinski definition) is 5. The Kier molecular flexibility index (Phi) is 4.72. The third kappa shape index (κ3) is 3.33. The quantitative estimate of drug-likeness (QED) is 0.773. The Morgan fingerprint density at radius 1 is 1.24 bits per heavy atom. The van der Waals surface area contributed by atoms with E-state index in [1.807, 2.05) is 0 Å². The van der Waals surface area contributed by atoms with Gasteiger partial charge in [0.25, 0.3) is 5.91 Å². The number of hydrogen-bond donors (Lipinski definition) is 1. The lowest BCUT2D eigenvalue weighted by Gasteiger charge is -2.16. The van der Waals surface area contributed by atoms with Crippen LogP contribution in [0.5, 0.6) is 5.75 Å². The predicted molar refractivity (Wildman–Crippen MR) is 90.2 cm³/mol. The molecule has 1 amide bonds. The number of carbonyl (C=O) groups is 1. The number of nitrogens with one attached hydrogen (secondary N) is 1. The Labute approximate surface area is 144 Å². The van der Waals surface area contributed by atoms with Gasteiger partial charge in [0.2, 0.25) is 0 Å². The van der Waals surface area contributed by atoms with Crippen molar-refractivity contribution in [2.24, 2.45) is 0 Å². The molecule has 0 aliphatic heterocycles. The van der Waals surface area contributed by atoms with E-state index in [0.29, 0.717) is 22.6 Å². The van der Waals surface area contributed by atoms with Gasteiger partial charge in [-0.25, -0.2) is 4.68 Å². The second-order valence-corrected chi connectivity index (χ2v) is 5.14. The molecular formula is C18H15N5O2. The summed E-state index contributed by atoms with van der Waals surface area (Å²) in [4.78, 5) is 12.7. The topological polar surface area (TPSA) is 92.8 Å². The van der Waals surface area contributed by atoms with Gasteiger partial charge in [0, 0.05) is 5.56 Å². The Balaban J connectivity index is 1.91. The van der Waals surface area contributed by atoms with Crippen molar-refractivity contribution in [3.8, 4) is 17.5 Å². The predicted octanol–water partition coefficient (Wildman–Crippen LogP) is 2.27. The monoisotopic (exact) mass is 333 g/mol. The van der Waals surface area contributed by atoms with Crippen molar-refractivity contribution in [2.45, 2.75) is 6.04 Å². The minimum atomic E-state index is -0.840. The molecule has 0 saturated carbocycles. The number of methoxy groups -OCH3 is 1. The van der Waals surface area contributed by atoms with Crippen molar-refractivity contribution >= 4 is 5.91 Å². The molecule has 25 heavy (non-hydrogen) atoms. The number of benzene rings is 2. The molecule has 7 nitrogen and oxygen atoms in total. The molecule has 1 unspecified atom stereocenters. The molecule has 0 aliphatic carbocycles. The van der Waals surface area contributed by atoms with Crippen LogP contribution in [0.2, 0.25) is 0 Å². The smallest absolute Gasteiger partial charge is 0.254 e. The van der Waals surface area contributed by atoms with Gasteiger partial charge in [-0.1, -0.05) is 35.5 Å². The Morgan fingerprint density at radius 2 is 2.00 bits per heavy atom. The van der Waals surface area contributed by atoms with Gasteiger partial charge in [-0.05, 0) is 18.2 Å². The first kappa shape index (κ1) is 16.2. The van der Waals surface area contributed by atoms with Gasteiger partial charge in [0.1, 0.15) is 11.8 Å². The molecule has 2 aromatic carbocycles. The lowest BCUT2D eigenvalue weighted by molar-refractivity contribution is 0.0944. The number of ether oxygens (including phenoxy) is 1. The molecule has 7 heteroatoms. The highest BCUT2D eigenvalue weighted by molar-refractivity contribution is 5.98. The van der Waals surface area contributed by atoms with Crippen LogP contribution in [0.15, 0.2) is 60.9 Å². The molecule has 3 aromatic rings. The van der Waals surface area contributed by atoms with E-state index < -0.39 is 6.04 Å². The fraction of sp³-hybridized carbons (Fsp3) is 0.111. The summed E-state index contributed by atoms with van der Waals surface area (Å²) in [6, 6.07) is 15.3. The van der Waals surface area contributed by atoms with Crippen molar-refractivity contribution in [3.63, 3.8) is 0 Å². The standard InChI is InChI=1S/C18H15N5O2/c1-25-17-9-5-3-6-13(17)15(12-19)21-18(24)14-7-2-4-8-16(14)23-11-10-20-22-23/h2-11,15H,1H3,(H,21,24). The largest absolute Gasteiger partial charge is 0.496 e. The van der Waals surface area contributed by atoms with Crippen molar-refractivity contribution in [1.82, 2.24) is 20.3 Å². The maximum absolute atomic E-state index is 12.7. The van der Waals surface area contributed by atoms with Crippen LogP contribution < -0.4 is 10.1 Å². The number of aromatic nitrogens is 3. The fourth-order valence-corrected chi connectivity index (χ4v) is 2.50. The van der Waals surface area contributed by atoms with Gasteiger partial charge in [-0.2, -0.15) is 5.26 Å². The van der Waals surface area contributed by atoms with Crippen molar-refractivity contribution in [3.05, 3.63) is 72.1 Å². The van der Waals surface area contributed by atoms with E-state index in [1.54, 1.807) is 54.7 Å². The SMILES string of the molecule is COc1ccccc1C(C#N)NC(=O)c1ccccc1-n1ccnn1. The first-order valence-corrected chi connectivity index (χ1v) is 7.53. The van der Waals surface area contributed by atoms with E-state index in [0.717, 1.165) is 0 Å². The van der Waals surface area contributed by atoms with E-state index in [9.17, 15) is 10.1 Å². The summed E-state index contributed by atoms with van der Waals surface area (Å²) < 4.78 is 6.77. The summed E-state index contributed by atoms with van der Waals surface area (Å²) in [5.74, 6) is 0.155. The molecule has 0 spiro atoms. The van der Waals surface area contributed by atoms with Gasteiger partial charge in [0.15, 0.2) is 0 Å². The number of rotatable bonds is 5. The third-order valence-electron chi connectivity index (χ3n) is 3.67. The third-order valence-corrected chi connectivity index (χ3v) is 3.67. The normalized spacial score (nSPS) is 11.4. The molecule has 0 fully saturated rings. The molecule has 1 N–H and O–H groups in total. The number of para-hydroxylation sites is 2. The van der Waals surface area contributed by atoms with E-state index in [1.165, 1.54) is 18.0 Å². The zero-order valence-corrected chi connectivity index (χ0v) is 13.5. The summed E-state index contributed by atoms with van der Waals surface area (Å²) in [7, 11) is 1.52. The van der Waals surface area contributed by atoms with Gasteiger partial charge in [-0.15, -0.1) is 5.10 Å². The second kappa shape index (κ2) is 7.27. The van der Waals surface area contributed by atoms with Gasteiger partial charge < -0.3 is 10.1 Å². The second-order valence-electron chi connectivity index (χ2n) is 5.14. The van der Waals surface area contributed by atoms with E-state index >= 15 is 0 Å². The van der Waals surface area contributed by atoms with Crippen LogP contribution in [0.1, 0.15) is 22.0 Å². The number of amides is 1. The first-order valence-electron chi connectivity index (χ1n) is 7.53. The van der Waals surface area contributed by atoms with Crippen LogP contribution in [0.25, 0.3) is 5.69 Å². The van der Waals surface area contributed by atoms with E-state index in [4.69, 9.17) is 4.74 Å². The molecule has 124 valence electrons. The Hall–Kier alpha value is -3.66. The number of nitrogens with zero attached hydrogens (tertiary/aromatic N) is 4. The van der Waals surface area contributed by atoms with Crippen LogP contribution in [0, 0.1) is 11.3 Å². The fourth-order valence-electron chi connectivity index (χ4n) is 2.50. The lowest BCUT2D eigenvalue weighted by Crippen LogP contribution is -2.29. The minimum Gasteiger partial charge on any atom is -0.496 e. The van der Waals surface area contributed by atoms with Crippen LogP contribution in [-0.4, -0.2) is 28.0 Å². The van der Waals surface area contributed by atoms with Crippen molar-refractivity contribution in [2.75, 3.05) is 7.11 Å². The van der Waals surface area contributed by atoms with Gasteiger partial charge in [0.05, 0.1) is 36.8 Å². The molecular weight excluding hydrogens is 318 g/mol. The maximum Gasteiger partial charge on any atom is 0.254 e. The first-order chi connectivity index (χ1) is 12.2. The summed E-state index contributed by atoms with van der Waals surface area (Å²) in [6.45, 7) is 0. The Morgan fingerprint density at radius 3 is 2.72 bits per heavy atom. The molecule has 0 saturated heterocycles. The number of nitriles is 1. The maximum atomic E-state index is 12.7. The average molecular weight is 333 g/mol. The summed E-state index contributed by atoms with van der Waals surface area (Å²) in [5.41, 5.74) is 1.57. The van der Waals surface area contributed by atoms with Crippen LogP contribution in [0.3, 0.4) is 0 Å². The highest BCUT2D eigenvalue weighted by atomic mass is 16.5. The van der Waals surface area contributed by atoms with E-state index in [2.05, 4.69) is 21.7 Å². The van der Waals surface area contributed by atoms with Gasteiger partial charge in [-0.3, -0.25) is 4.79 Å². The summed E-state index contributed by atoms with van der Waals surface area (Å²) in [5, 5.41) is 19.9. The van der Waals surface area contributed by atoms with Crippen molar-refractivity contribution < 1.29 is 9.53 Å². The molecule has 0 radical (unpaired) electrons. The molecule has 0 bridgehead atoms. The van der Waals surface area contributed by atoms with E-state index in [-0.39, 0.29) is 5.91 Å². The highest BCUT2D eigenvalue weighted by Gasteiger charge is 2.20. The molecule has 1 atom stereocenters. The zero-order chi connectivity index (χ0) is 17.6. The number of carbonyl (C=O) groups excluding carboxylic acids is 1. The van der Waals surface area contributed by atoms with Crippen LogP contribution >= 0.6 is 0 Å². The van der Waals surface area contributed by atoms with Gasteiger partial charge >= 0.3 is 0 Å². The highest BCUT2D eigenvalue weighted by Crippen LogP contribution is 2.25.